The van der Waals surface area contributed by atoms with E-state index in [0.717, 1.165) is 7.05 Å². The van der Waals surface area contributed by atoms with Gasteiger partial charge in [-0.3, -0.25) is 4.79 Å². The van der Waals surface area contributed by atoms with E-state index in [1.807, 2.05) is 0 Å². The van der Waals surface area contributed by atoms with Crippen molar-refractivity contribution in [3.8, 4) is 0 Å². The van der Waals surface area contributed by atoms with E-state index in [-0.39, 0.29) is 0 Å². The van der Waals surface area contributed by atoms with Gasteiger partial charge < -0.3 is 10.6 Å². The van der Waals surface area contributed by atoms with Crippen LogP contribution in [0.15, 0.2) is 0 Å². The minimum absolute atomic E-state index is 0.359. The standard InChI is InChI=1S/C7H9F5N2O/c1-14-4(15)2-3(13)5(14)6(8,9)7(10,11)12/h3,5H,2,13H2,1H3. The van der Waals surface area contributed by atoms with E-state index in [4.69, 9.17) is 5.73 Å². The number of hydrogen-bond acceptors (Lipinski definition) is 2. The van der Waals surface area contributed by atoms with Crippen molar-refractivity contribution in [2.45, 2.75) is 30.6 Å². The van der Waals surface area contributed by atoms with Gasteiger partial charge in [0.05, 0.1) is 0 Å². The third-order valence-corrected chi connectivity index (χ3v) is 2.38. The van der Waals surface area contributed by atoms with Crippen molar-refractivity contribution in [2.75, 3.05) is 7.05 Å². The molecule has 0 aromatic rings. The summed E-state index contributed by atoms with van der Waals surface area (Å²) in [5.41, 5.74) is 5.10. The third-order valence-electron chi connectivity index (χ3n) is 2.38. The maximum absolute atomic E-state index is 12.9. The maximum atomic E-state index is 12.9. The number of alkyl halides is 5. The molecule has 3 nitrogen and oxygen atoms in total. The van der Waals surface area contributed by atoms with Crippen LogP contribution < -0.4 is 5.73 Å². The topological polar surface area (TPSA) is 46.3 Å². The van der Waals surface area contributed by atoms with Gasteiger partial charge in [0.1, 0.15) is 6.04 Å². The molecule has 1 fully saturated rings. The van der Waals surface area contributed by atoms with Gasteiger partial charge in [0.15, 0.2) is 0 Å². The quantitative estimate of drug-likeness (QED) is 0.678. The summed E-state index contributed by atoms with van der Waals surface area (Å²) in [5.74, 6) is -5.79. The van der Waals surface area contributed by atoms with Gasteiger partial charge in [-0.1, -0.05) is 0 Å². The first kappa shape index (κ1) is 12.2. The fraction of sp³-hybridized carbons (Fsp3) is 0.857. The highest BCUT2D eigenvalue weighted by molar-refractivity contribution is 5.80. The molecule has 0 saturated carbocycles. The van der Waals surface area contributed by atoms with E-state index >= 15 is 0 Å². The van der Waals surface area contributed by atoms with E-state index in [0.29, 0.717) is 4.90 Å². The number of likely N-dealkylation sites (tertiary alicyclic amines) is 1. The molecule has 0 spiro atoms. The third kappa shape index (κ3) is 1.77. The molecule has 1 heterocycles. The molecule has 0 aromatic heterocycles. The molecule has 1 aliphatic rings. The van der Waals surface area contributed by atoms with Crippen LogP contribution in [0.2, 0.25) is 0 Å². The van der Waals surface area contributed by atoms with Gasteiger partial charge >= 0.3 is 12.1 Å². The Morgan fingerprint density at radius 2 is 1.80 bits per heavy atom. The number of rotatable bonds is 1. The van der Waals surface area contributed by atoms with Crippen molar-refractivity contribution in [2.24, 2.45) is 5.73 Å². The van der Waals surface area contributed by atoms with E-state index in [1.165, 1.54) is 0 Å². The summed E-state index contributed by atoms with van der Waals surface area (Å²) >= 11 is 0. The van der Waals surface area contributed by atoms with Crippen molar-refractivity contribution < 1.29 is 26.7 Å². The second kappa shape index (κ2) is 3.29. The Morgan fingerprint density at radius 1 is 1.33 bits per heavy atom. The number of carbonyl (C=O) groups excluding carboxylic acids is 1. The van der Waals surface area contributed by atoms with E-state index in [2.05, 4.69) is 0 Å². The molecule has 2 unspecified atom stereocenters. The van der Waals surface area contributed by atoms with Crippen LogP contribution in [-0.4, -0.2) is 42.0 Å². The normalized spacial score (nSPS) is 28.7. The van der Waals surface area contributed by atoms with Gasteiger partial charge in [0.25, 0.3) is 0 Å². The lowest BCUT2D eigenvalue weighted by atomic mass is 10.0. The number of nitrogens with zero attached hydrogens (tertiary/aromatic N) is 1. The first-order chi connectivity index (χ1) is 6.59. The zero-order valence-corrected chi connectivity index (χ0v) is 7.68. The minimum atomic E-state index is -5.70. The predicted octanol–water partition coefficient (Wildman–Crippen LogP) is 0.742. The summed E-state index contributed by atoms with van der Waals surface area (Å²) in [7, 11) is 0.888. The molecule has 1 aliphatic heterocycles. The molecule has 2 atom stereocenters. The Kier molecular flexibility index (Phi) is 2.67. The van der Waals surface area contributed by atoms with Crippen LogP contribution in [0.1, 0.15) is 6.42 Å². The minimum Gasteiger partial charge on any atom is -0.335 e. The molecule has 15 heavy (non-hydrogen) atoms. The summed E-state index contributed by atoms with van der Waals surface area (Å²) in [5, 5.41) is 0. The molecule has 0 radical (unpaired) electrons. The second-order valence-corrected chi connectivity index (χ2v) is 3.44. The van der Waals surface area contributed by atoms with Crippen LogP contribution in [0.4, 0.5) is 22.0 Å². The Balaban J connectivity index is 3.02. The smallest absolute Gasteiger partial charge is 0.335 e. The van der Waals surface area contributed by atoms with E-state index < -0.39 is 36.5 Å². The highest BCUT2D eigenvalue weighted by Crippen LogP contribution is 2.42. The summed E-state index contributed by atoms with van der Waals surface area (Å²) in [4.78, 5) is 11.3. The van der Waals surface area contributed by atoms with Crippen molar-refractivity contribution in [1.29, 1.82) is 0 Å². The Morgan fingerprint density at radius 3 is 2.07 bits per heavy atom. The number of halogens is 5. The molecule has 2 N–H and O–H groups in total. The van der Waals surface area contributed by atoms with Gasteiger partial charge in [-0.05, 0) is 0 Å². The summed E-state index contributed by atoms with van der Waals surface area (Å²) in [6.45, 7) is 0. The van der Waals surface area contributed by atoms with Crippen molar-refractivity contribution in [1.82, 2.24) is 4.90 Å². The van der Waals surface area contributed by atoms with Crippen LogP contribution >= 0.6 is 0 Å². The van der Waals surface area contributed by atoms with Gasteiger partial charge in [0.2, 0.25) is 5.91 Å². The Bertz CT molecular complexity index is 277. The predicted molar refractivity (Wildman–Crippen MR) is 40.2 cm³/mol. The molecular formula is C7H9F5N2O. The lowest BCUT2D eigenvalue weighted by Gasteiger charge is -2.32. The van der Waals surface area contributed by atoms with Gasteiger partial charge in [-0.15, -0.1) is 0 Å². The fourth-order valence-electron chi connectivity index (χ4n) is 1.58. The highest BCUT2D eigenvalue weighted by Gasteiger charge is 2.67. The van der Waals surface area contributed by atoms with Crippen LogP contribution in [0.25, 0.3) is 0 Å². The van der Waals surface area contributed by atoms with Crippen molar-refractivity contribution in [3.63, 3.8) is 0 Å². The van der Waals surface area contributed by atoms with Crippen LogP contribution in [0.3, 0.4) is 0 Å². The average Bonchev–Trinajstić information content (AvgIpc) is 2.24. The van der Waals surface area contributed by atoms with Crippen molar-refractivity contribution >= 4 is 5.91 Å². The molecular weight excluding hydrogens is 223 g/mol. The zero-order chi connectivity index (χ0) is 12.0. The summed E-state index contributed by atoms with van der Waals surface area (Å²) < 4.78 is 61.9. The van der Waals surface area contributed by atoms with Gasteiger partial charge in [0, 0.05) is 19.5 Å². The van der Waals surface area contributed by atoms with Crippen LogP contribution in [0, 0.1) is 0 Å². The second-order valence-electron chi connectivity index (χ2n) is 3.44. The molecule has 1 amide bonds. The van der Waals surface area contributed by atoms with Crippen LogP contribution in [0.5, 0.6) is 0 Å². The summed E-state index contributed by atoms with van der Waals surface area (Å²) in [6, 6.07) is -3.82. The lowest BCUT2D eigenvalue weighted by Crippen LogP contribution is -2.58. The Labute approximate surface area is 82.0 Å². The summed E-state index contributed by atoms with van der Waals surface area (Å²) in [6.07, 6.45) is -6.19. The maximum Gasteiger partial charge on any atom is 0.455 e. The Hall–Kier alpha value is -0.920. The highest BCUT2D eigenvalue weighted by atomic mass is 19.4. The molecule has 0 aromatic carbocycles. The van der Waals surface area contributed by atoms with E-state index in [9.17, 15) is 26.7 Å². The molecule has 88 valence electrons. The van der Waals surface area contributed by atoms with Crippen LogP contribution in [-0.2, 0) is 4.79 Å². The van der Waals surface area contributed by atoms with E-state index in [1.54, 1.807) is 0 Å². The number of hydrogen-bond donors (Lipinski definition) is 1. The average molecular weight is 232 g/mol. The number of carbonyl (C=O) groups is 1. The number of nitrogens with two attached hydrogens (primary N) is 1. The molecule has 1 saturated heterocycles. The number of amides is 1. The zero-order valence-electron chi connectivity index (χ0n) is 7.68. The molecule has 1 rings (SSSR count). The lowest BCUT2D eigenvalue weighted by molar-refractivity contribution is -0.300. The first-order valence-corrected chi connectivity index (χ1v) is 4.05. The number of likely N-dealkylation sites (N-methyl/N-ethyl adjacent to an activating group) is 1. The molecule has 0 aliphatic carbocycles. The van der Waals surface area contributed by atoms with Gasteiger partial charge in [-0.2, -0.15) is 22.0 Å². The molecule has 8 heteroatoms. The monoisotopic (exact) mass is 232 g/mol. The first-order valence-electron chi connectivity index (χ1n) is 4.05. The molecule has 0 bridgehead atoms. The SMILES string of the molecule is CN1C(=O)CC(N)C1C(F)(F)C(F)(F)F. The van der Waals surface area contributed by atoms with Gasteiger partial charge in [-0.25, -0.2) is 0 Å². The van der Waals surface area contributed by atoms with Crippen molar-refractivity contribution in [3.05, 3.63) is 0 Å². The largest absolute Gasteiger partial charge is 0.455 e. The fourth-order valence-corrected chi connectivity index (χ4v) is 1.58.